The number of likely N-dealkylation sites (N-methyl/N-ethyl adjacent to an activating group) is 1. The maximum Gasteiger partial charge on any atom is 0.256 e. The number of carbonyl (C=O) groups is 1. The highest BCUT2D eigenvalue weighted by atomic mass is 19.1. The van der Waals surface area contributed by atoms with E-state index >= 15 is 0 Å². The zero-order valence-corrected chi connectivity index (χ0v) is 11.6. The van der Waals surface area contributed by atoms with E-state index < -0.39 is 5.82 Å². The van der Waals surface area contributed by atoms with Crippen LogP contribution in [0.2, 0.25) is 0 Å². The summed E-state index contributed by atoms with van der Waals surface area (Å²) >= 11 is 0. The maximum atomic E-state index is 13.9. The van der Waals surface area contributed by atoms with Gasteiger partial charge in [-0.3, -0.25) is 4.79 Å². The van der Waals surface area contributed by atoms with E-state index in [-0.39, 0.29) is 11.5 Å². The number of amides is 1. The number of hydrogen-bond acceptors (Lipinski definition) is 2. The van der Waals surface area contributed by atoms with Gasteiger partial charge in [-0.05, 0) is 37.9 Å². The molecular formula is C15H21FN2O. The minimum atomic E-state index is -0.407. The SMILES string of the molecule is Cc1cccc(C(=O)N(C)CC2CCCCN2)c1F. The van der Waals surface area contributed by atoms with Crippen molar-refractivity contribution in [3.8, 4) is 0 Å². The van der Waals surface area contributed by atoms with Crippen molar-refractivity contribution in [3.05, 3.63) is 35.1 Å². The molecule has 0 bridgehead atoms. The number of halogens is 1. The molecule has 4 heteroatoms. The molecule has 1 aliphatic heterocycles. The molecule has 1 aromatic rings. The lowest BCUT2D eigenvalue weighted by molar-refractivity contribution is 0.0770. The molecule has 1 aliphatic rings. The Morgan fingerprint density at radius 3 is 2.95 bits per heavy atom. The van der Waals surface area contributed by atoms with Crippen molar-refractivity contribution >= 4 is 5.91 Å². The highest BCUT2D eigenvalue weighted by molar-refractivity contribution is 5.94. The van der Waals surface area contributed by atoms with E-state index in [1.807, 2.05) is 0 Å². The van der Waals surface area contributed by atoms with Crippen LogP contribution >= 0.6 is 0 Å². The third-order valence-corrected chi connectivity index (χ3v) is 3.68. The van der Waals surface area contributed by atoms with E-state index in [0.29, 0.717) is 18.2 Å². The standard InChI is InChI=1S/C15H21FN2O/c1-11-6-5-8-13(14(11)16)15(19)18(2)10-12-7-3-4-9-17-12/h5-6,8,12,17H,3-4,7,9-10H2,1-2H3. The Morgan fingerprint density at radius 1 is 1.47 bits per heavy atom. The summed E-state index contributed by atoms with van der Waals surface area (Å²) in [5.41, 5.74) is 0.674. The van der Waals surface area contributed by atoms with Crippen molar-refractivity contribution in [1.82, 2.24) is 10.2 Å². The summed E-state index contributed by atoms with van der Waals surface area (Å²) in [6.45, 7) is 3.31. The summed E-state index contributed by atoms with van der Waals surface area (Å²) < 4.78 is 13.9. The van der Waals surface area contributed by atoms with Gasteiger partial charge >= 0.3 is 0 Å². The molecule has 1 saturated heterocycles. The first-order valence-corrected chi connectivity index (χ1v) is 6.83. The van der Waals surface area contributed by atoms with Crippen molar-refractivity contribution in [2.45, 2.75) is 32.2 Å². The summed E-state index contributed by atoms with van der Waals surface area (Å²) in [5, 5.41) is 3.39. The Morgan fingerprint density at radius 2 is 2.26 bits per heavy atom. The van der Waals surface area contributed by atoms with Crippen LogP contribution in [-0.2, 0) is 0 Å². The molecule has 1 fully saturated rings. The van der Waals surface area contributed by atoms with Gasteiger partial charge in [0.25, 0.3) is 5.91 Å². The minimum absolute atomic E-state index is 0.165. The minimum Gasteiger partial charge on any atom is -0.340 e. The molecule has 1 heterocycles. The summed E-state index contributed by atoms with van der Waals surface area (Å²) in [6, 6.07) is 5.28. The first-order chi connectivity index (χ1) is 9.09. The number of aryl methyl sites for hydroxylation is 1. The Labute approximate surface area is 113 Å². The zero-order chi connectivity index (χ0) is 13.8. The highest BCUT2D eigenvalue weighted by Crippen LogP contribution is 2.15. The molecule has 0 aliphatic carbocycles. The molecule has 1 aromatic carbocycles. The smallest absolute Gasteiger partial charge is 0.256 e. The van der Waals surface area contributed by atoms with E-state index in [4.69, 9.17) is 0 Å². The number of hydrogen-bond donors (Lipinski definition) is 1. The Hall–Kier alpha value is -1.42. The van der Waals surface area contributed by atoms with Crippen molar-refractivity contribution in [2.24, 2.45) is 0 Å². The van der Waals surface area contributed by atoms with Crippen LogP contribution in [0.5, 0.6) is 0 Å². The second kappa shape index (κ2) is 6.15. The van der Waals surface area contributed by atoms with E-state index in [1.165, 1.54) is 12.8 Å². The number of piperidine rings is 1. The Bertz CT molecular complexity index is 455. The van der Waals surface area contributed by atoms with Gasteiger partial charge < -0.3 is 10.2 Å². The molecule has 1 amide bonds. The largest absolute Gasteiger partial charge is 0.340 e. The van der Waals surface area contributed by atoms with E-state index in [0.717, 1.165) is 13.0 Å². The number of benzene rings is 1. The number of nitrogens with zero attached hydrogens (tertiary/aromatic N) is 1. The maximum absolute atomic E-state index is 13.9. The topological polar surface area (TPSA) is 32.3 Å². The summed E-state index contributed by atoms with van der Waals surface area (Å²) in [6.07, 6.45) is 3.47. The van der Waals surface area contributed by atoms with Crippen LogP contribution in [0.15, 0.2) is 18.2 Å². The van der Waals surface area contributed by atoms with Gasteiger partial charge in [-0.25, -0.2) is 4.39 Å². The van der Waals surface area contributed by atoms with E-state index in [2.05, 4.69) is 5.32 Å². The van der Waals surface area contributed by atoms with Gasteiger partial charge in [0.15, 0.2) is 0 Å². The van der Waals surface area contributed by atoms with Gasteiger partial charge in [0, 0.05) is 19.6 Å². The van der Waals surface area contributed by atoms with Crippen LogP contribution in [-0.4, -0.2) is 37.0 Å². The van der Waals surface area contributed by atoms with E-state index in [1.54, 1.807) is 37.1 Å². The first-order valence-electron chi connectivity index (χ1n) is 6.83. The second-order valence-electron chi connectivity index (χ2n) is 5.27. The normalized spacial score (nSPS) is 19.2. The molecule has 0 radical (unpaired) electrons. The number of rotatable bonds is 3. The average Bonchev–Trinajstić information content (AvgIpc) is 2.42. The number of nitrogens with one attached hydrogen (secondary N) is 1. The molecule has 2 rings (SSSR count). The Balaban J connectivity index is 2.03. The van der Waals surface area contributed by atoms with E-state index in [9.17, 15) is 9.18 Å². The highest BCUT2D eigenvalue weighted by Gasteiger charge is 2.21. The fourth-order valence-electron chi connectivity index (χ4n) is 2.51. The molecule has 104 valence electrons. The average molecular weight is 264 g/mol. The van der Waals surface area contributed by atoms with Crippen molar-refractivity contribution in [2.75, 3.05) is 20.1 Å². The van der Waals surface area contributed by atoms with Gasteiger partial charge in [0.05, 0.1) is 5.56 Å². The van der Waals surface area contributed by atoms with Crippen LogP contribution in [0.4, 0.5) is 4.39 Å². The van der Waals surface area contributed by atoms with Gasteiger partial charge in [0.1, 0.15) is 5.82 Å². The molecule has 3 nitrogen and oxygen atoms in total. The summed E-state index contributed by atoms with van der Waals surface area (Å²) in [5.74, 6) is -0.649. The van der Waals surface area contributed by atoms with Gasteiger partial charge in [-0.15, -0.1) is 0 Å². The van der Waals surface area contributed by atoms with Gasteiger partial charge in [-0.2, -0.15) is 0 Å². The van der Waals surface area contributed by atoms with Crippen LogP contribution in [0.1, 0.15) is 35.2 Å². The van der Waals surface area contributed by atoms with Crippen LogP contribution in [0.3, 0.4) is 0 Å². The van der Waals surface area contributed by atoms with Crippen molar-refractivity contribution in [1.29, 1.82) is 0 Å². The molecular weight excluding hydrogens is 243 g/mol. The van der Waals surface area contributed by atoms with Gasteiger partial charge in [0.2, 0.25) is 0 Å². The third kappa shape index (κ3) is 3.32. The second-order valence-corrected chi connectivity index (χ2v) is 5.27. The molecule has 0 spiro atoms. The lowest BCUT2D eigenvalue weighted by atomic mass is 10.0. The molecule has 1 unspecified atom stereocenters. The third-order valence-electron chi connectivity index (χ3n) is 3.68. The lowest BCUT2D eigenvalue weighted by Crippen LogP contribution is -2.44. The van der Waals surface area contributed by atoms with Crippen LogP contribution in [0, 0.1) is 12.7 Å². The number of carbonyl (C=O) groups excluding carboxylic acids is 1. The summed E-state index contributed by atoms with van der Waals surface area (Å²) in [7, 11) is 1.74. The monoisotopic (exact) mass is 264 g/mol. The van der Waals surface area contributed by atoms with Crippen LogP contribution < -0.4 is 5.32 Å². The molecule has 19 heavy (non-hydrogen) atoms. The fraction of sp³-hybridized carbons (Fsp3) is 0.533. The predicted molar refractivity (Wildman–Crippen MR) is 73.7 cm³/mol. The fourth-order valence-corrected chi connectivity index (χ4v) is 2.51. The molecule has 0 aromatic heterocycles. The first kappa shape index (κ1) is 14.0. The zero-order valence-electron chi connectivity index (χ0n) is 11.6. The van der Waals surface area contributed by atoms with Crippen LogP contribution in [0.25, 0.3) is 0 Å². The predicted octanol–water partition coefficient (Wildman–Crippen LogP) is 2.35. The lowest BCUT2D eigenvalue weighted by Gasteiger charge is -2.28. The quantitative estimate of drug-likeness (QED) is 0.909. The van der Waals surface area contributed by atoms with Crippen molar-refractivity contribution < 1.29 is 9.18 Å². The molecule has 0 saturated carbocycles. The van der Waals surface area contributed by atoms with Gasteiger partial charge in [-0.1, -0.05) is 18.6 Å². The molecule has 1 atom stereocenters. The Kier molecular flexibility index (Phi) is 4.53. The summed E-state index contributed by atoms with van der Waals surface area (Å²) in [4.78, 5) is 13.9. The van der Waals surface area contributed by atoms with Crippen molar-refractivity contribution in [3.63, 3.8) is 0 Å². The molecule has 1 N–H and O–H groups in total.